The first-order valence-electron chi connectivity index (χ1n) is 7.22. The van der Waals surface area contributed by atoms with E-state index < -0.39 is 0 Å². The predicted molar refractivity (Wildman–Crippen MR) is 88.2 cm³/mol. The molecule has 0 heterocycles. The quantitative estimate of drug-likeness (QED) is 0.610. The van der Waals surface area contributed by atoms with Crippen LogP contribution in [0.3, 0.4) is 0 Å². The van der Waals surface area contributed by atoms with Crippen LogP contribution in [0.2, 0.25) is 0 Å². The molecule has 0 atom stereocenters. The molecule has 23 heavy (non-hydrogen) atoms. The van der Waals surface area contributed by atoms with Gasteiger partial charge in [-0.15, -0.1) is 0 Å². The molecule has 0 spiro atoms. The van der Waals surface area contributed by atoms with Crippen LogP contribution in [0.4, 0.5) is 10.1 Å². The minimum absolute atomic E-state index is 0.0378. The van der Waals surface area contributed by atoms with Gasteiger partial charge >= 0.3 is 0 Å². The zero-order valence-electron chi connectivity index (χ0n) is 12.8. The van der Waals surface area contributed by atoms with Crippen molar-refractivity contribution in [2.75, 3.05) is 18.5 Å². The number of hydrogen-bond acceptors (Lipinski definition) is 4. The molecular formula is C17H18FN3O2. The summed E-state index contributed by atoms with van der Waals surface area (Å²) in [5.41, 5.74) is 3.86. The molecular weight excluding hydrogens is 297 g/mol. The third-order valence-electron chi connectivity index (χ3n) is 2.91. The number of hydrazone groups is 1. The van der Waals surface area contributed by atoms with Gasteiger partial charge in [0.05, 0.1) is 19.4 Å². The molecule has 0 saturated heterocycles. The molecule has 0 aliphatic carbocycles. The summed E-state index contributed by atoms with van der Waals surface area (Å²) in [7, 11) is 0. The second-order valence-electron chi connectivity index (χ2n) is 4.62. The summed E-state index contributed by atoms with van der Waals surface area (Å²) in [5.74, 6) is 0.0782. The predicted octanol–water partition coefficient (Wildman–Crippen LogP) is 2.79. The molecule has 0 aliphatic rings. The lowest BCUT2D eigenvalue weighted by atomic mass is 10.2. The summed E-state index contributed by atoms with van der Waals surface area (Å²) in [6, 6.07) is 13.2. The van der Waals surface area contributed by atoms with Gasteiger partial charge in [-0.25, -0.2) is 9.82 Å². The number of carbonyl (C=O) groups is 1. The fraction of sp³-hybridized carbons (Fsp3) is 0.176. The van der Waals surface area contributed by atoms with Gasteiger partial charge in [0, 0.05) is 11.3 Å². The van der Waals surface area contributed by atoms with Crippen molar-refractivity contribution in [3.8, 4) is 5.75 Å². The van der Waals surface area contributed by atoms with Crippen molar-refractivity contribution >= 4 is 17.8 Å². The monoisotopic (exact) mass is 315 g/mol. The Bertz CT molecular complexity index is 672. The summed E-state index contributed by atoms with van der Waals surface area (Å²) >= 11 is 0. The fourth-order valence-electron chi connectivity index (χ4n) is 1.84. The molecule has 2 aromatic carbocycles. The summed E-state index contributed by atoms with van der Waals surface area (Å²) in [6.45, 7) is 2.49. The largest absolute Gasteiger partial charge is 0.493 e. The third kappa shape index (κ3) is 5.43. The number of anilines is 1. The normalized spacial score (nSPS) is 10.5. The Labute approximate surface area is 134 Å². The molecule has 0 aliphatic heterocycles. The average molecular weight is 315 g/mol. The summed E-state index contributed by atoms with van der Waals surface area (Å²) in [4.78, 5) is 11.7. The fourth-order valence-corrected chi connectivity index (χ4v) is 1.84. The summed E-state index contributed by atoms with van der Waals surface area (Å²) in [6.07, 6.45) is 1.53. The number of amides is 1. The summed E-state index contributed by atoms with van der Waals surface area (Å²) < 4.78 is 18.2. The number of nitrogens with zero attached hydrogens (tertiary/aromatic N) is 1. The highest BCUT2D eigenvalue weighted by Crippen LogP contribution is 2.15. The third-order valence-corrected chi connectivity index (χ3v) is 2.91. The number of halogens is 1. The lowest BCUT2D eigenvalue weighted by Crippen LogP contribution is -2.25. The topological polar surface area (TPSA) is 62.7 Å². The number of rotatable bonds is 7. The van der Waals surface area contributed by atoms with Crippen LogP contribution in [0.1, 0.15) is 12.5 Å². The Hall–Kier alpha value is -2.89. The van der Waals surface area contributed by atoms with E-state index in [-0.39, 0.29) is 18.3 Å². The van der Waals surface area contributed by atoms with E-state index in [9.17, 15) is 9.18 Å². The van der Waals surface area contributed by atoms with Crippen molar-refractivity contribution in [1.82, 2.24) is 5.43 Å². The Kier molecular flexibility index (Phi) is 6.11. The Morgan fingerprint density at radius 3 is 2.70 bits per heavy atom. The van der Waals surface area contributed by atoms with Gasteiger partial charge in [0.2, 0.25) is 0 Å². The van der Waals surface area contributed by atoms with Gasteiger partial charge in [0.15, 0.2) is 0 Å². The second-order valence-corrected chi connectivity index (χ2v) is 4.62. The van der Waals surface area contributed by atoms with E-state index in [0.29, 0.717) is 18.0 Å². The Morgan fingerprint density at radius 2 is 1.96 bits per heavy atom. The van der Waals surface area contributed by atoms with E-state index in [4.69, 9.17) is 4.74 Å². The second kappa shape index (κ2) is 8.53. The minimum atomic E-state index is -0.322. The van der Waals surface area contributed by atoms with Gasteiger partial charge in [-0.05, 0) is 43.3 Å². The maximum absolute atomic E-state index is 12.8. The molecule has 1 amide bonds. The van der Waals surface area contributed by atoms with Crippen molar-refractivity contribution in [2.45, 2.75) is 6.92 Å². The van der Waals surface area contributed by atoms with E-state index in [0.717, 1.165) is 5.56 Å². The zero-order valence-corrected chi connectivity index (χ0v) is 12.8. The average Bonchev–Trinajstić information content (AvgIpc) is 2.56. The van der Waals surface area contributed by atoms with Crippen LogP contribution in [-0.2, 0) is 4.79 Å². The van der Waals surface area contributed by atoms with Crippen molar-refractivity contribution < 1.29 is 13.9 Å². The van der Waals surface area contributed by atoms with Crippen molar-refractivity contribution in [1.29, 1.82) is 0 Å². The molecule has 6 heteroatoms. The van der Waals surface area contributed by atoms with Gasteiger partial charge < -0.3 is 10.1 Å². The molecule has 120 valence electrons. The number of hydrogen-bond donors (Lipinski definition) is 2. The molecule has 0 saturated carbocycles. The van der Waals surface area contributed by atoms with Crippen LogP contribution >= 0.6 is 0 Å². The maximum Gasteiger partial charge on any atom is 0.259 e. The first-order valence-corrected chi connectivity index (χ1v) is 7.22. The molecule has 0 radical (unpaired) electrons. The van der Waals surface area contributed by atoms with E-state index >= 15 is 0 Å². The molecule has 0 bridgehead atoms. The molecule has 0 fully saturated rings. The SMILES string of the molecule is CCOc1ccccc1/C=N\NC(=O)CNc1ccc(F)cc1. The van der Waals surface area contributed by atoms with Crippen LogP contribution in [0.5, 0.6) is 5.75 Å². The summed E-state index contributed by atoms with van der Waals surface area (Å²) in [5, 5.41) is 6.78. The Balaban J connectivity index is 1.83. The lowest BCUT2D eigenvalue weighted by Gasteiger charge is -2.06. The Morgan fingerprint density at radius 1 is 1.22 bits per heavy atom. The van der Waals surface area contributed by atoms with Crippen molar-refractivity contribution in [3.63, 3.8) is 0 Å². The van der Waals surface area contributed by atoms with Crippen molar-refractivity contribution in [3.05, 3.63) is 59.9 Å². The van der Waals surface area contributed by atoms with Crippen LogP contribution in [-0.4, -0.2) is 25.3 Å². The van der Waals surface area contributed by atoms with E-state index in [2.05, 4.69) is 15.8 Å². The molecule has 2 aromatic rings. The van der Waals surface area contributed by atoms with Gasteiger partial charge in [-0.1, -0.05) is 12.1 Å². The minimum Gasteiger partial charge on any atom is -0.493 e. The van der Waals surface area contributed by atoms with Gasteiger partial charge in [-0.3, -0.25) is 4.79 Å². The highest BCUT2D eigenvalue weighted by Gasteiger charge is 2.01. The van der Waals surface area contributed by atoms with Crippen molar-refractivity contribution in [2.24, 2.45) is 5.10 Å². The van der Waals surface area contributed by atoms with Gasteiger partial charge in [0.1, 0.15) is 11.6 Å². The number of benzene rings is 2. The smallest absolute Gasteiger partial charge is 0.259 e. The van der Waals surface area contributed by atoms with Gasteiger partial charge in [0.25, 0.3) is 5.91 Å². The van der Waals surface area contributed by atoms with Crippen LogP contribution < -0.4 is 15.5 Å². The maximum atomic E-state index is 12.8. The number of para-hydroxylation sites is 1. The molecule has 2 rings (SSSR count). The van der Waals surface area contributed by atoms with Crippen LogP contribution in [0.15, 0.2) is 53.6 Å². The number of nitrogens with one attached hydrogen (secondary N) is 2. The van der Waals surface area contributed by atoms with E-state index in [1.54, 1.807) is 12.1 Å². The van der Waals surface area contributed by atoms with E-state index in [1.165, 1.54) is 18.3 Å². The standard InChI is InChI=1S/C17H18FN3O2/c1-2-23-16-6-4-3-5-13(16)11-20-21-17(22)12-19-15-9-7-14(18)8-10-15/h3-11,19H,2,12H2,1H3,(H,21,22)/b20-11-. The first-order chi connectivity index (χ1) is 11.2. The lowest BCUT2D eigenvalue weighted by molar-refractivity contribution is -0.119. The highest BCUT2D eigenvalue weighted by atomic mass is 19.1. The zero-order chi connectivity index (χ0) is 16.5. The number of ether oxygens (including phenoxy) is 1. The molecule has 0 unspecified atom stereocenters. The van der Waals surface area contributed by atoms with Gasteiger partial charge in [-0.2, -0.15) is 5.10 Å². The molecule has 0 aromatic heterocycles. The van der Waals surface area contributed by atoms with Crippen LogP contribution in [0.25, 0.3) is 0 Å². The van der Waals surface area contributed by atoms with E-state index in [1.807, 2.05) is 31.2 Å². The van der Waals surface area contributed by atoms with Crippen LogP contribution in [0, 0.1) is 5.82 Å². The molecule has 2 N–H and O–H groups in total. The number of carbonyl (C=O) groups excluding carboxylic acids is 1. The highest BCUT2D eigenvalue weighted by molar-refractivity contribution is 5.86. The molecule has 5 nitrogen and oxygen atoms in total. The first kappa shape index (κ1) is 16.5.